The first-order valence-corrected chi connectivity index (χ1v) is 5.13. The van der Waals surface area contributed by atoms with Crippen LogP contribution in [-0.2, 0) is 11.2 Å². The molecule has 0 aliphatic rings. The van der Waals surface area contributed by atoms with E-state index in [0.717, 1.165) is 15.6 Å². The molecule has 0 heterocycles. The molecule has 0 aliphatic carbocycles. The van der Waals surface area contributed by atoms with Gasteiger partial charge in [0.05, 0.1) is 12.7 Å². The smallest absolute Gasteiger partial charge is 0.338 e. The molecule has 1 aromatic rings. The first-order chi connectivity index (χ1) is 6.19. The van der Waals surface area contributed by atoms with E-state index >= 15 is 0 Å². The Morgan fingerprint density at radius 1 is 1.54 bits per heavy atom. The first-order valence-electron chi connectivity index (χ1n) is 4.05. The summed E-state index contributed by atoms with van der Waals surface area (Å²) >= 11 is 2.13. The predicted molar refractivity (Wildman–Crippen MR) is 59.9 cm³/mol. The fourth-order valence-corrected chi connectivity index (χ4v) is 1.61. The summed E-state index contributed by atoms with van der Waals surface area (Å²) in [4.78, 5) is 11.3. The molecule has 0 saturated carbocycles. The van der Waals surface area contributed by atoms with Crippen LogP contribution in [0.2, 0.25) is 0 Å². The van der Waals surface area contributed by atoms with E-state index in [4.69, 9.17) is 0 Å². The number of benzene rings is 1. The lowest BCUT2D eigenvalue weighted by Crippen LogP contribution is -2.04. The third-order valence-corrected chi connectivity index (χ3v) is 2.79. The Hall–Kier alpha value is -0.580. The number of methoxy groups -OCH3 is 1. The highest BCUT2D eigenvalue weighted by atomic mass is 127. The Labute approximate surface area is 91.4 Å². The quantitative estimate of drug-likeness (QED) is 0.618. The van der Waals surface area contributed by atoms with Gasteiger partial charge >= 0.3 is 5.97 Å². The van der Waals surface area contributed by atoms with Crippen molar-refractivity contribution in [2.24, 2.45) is 0 Å². The van der Waals surface area contributed by atoms with Gasteiger partial charge in [0.2, 0.25) is 0 Å². The number of rotatable bonds is 2. The minimum Gasteiger partial charge on any atom is -0.465 e. The highest BCUT2D eigenvalue weighted by Crippen LogP contribution is 2.15. The summed E-state index contributed by atoms with van der Waals surface area (Å²) in [5, 5.41) is 0. The number of aryl methyl sites for hydroxylation is 1. The SMILES string of the molecule is CCc1ccc(I)c(C(=O)OC)c1. The molecule has 0 amide bonds. The number of carbonyl (C=O) groups excluding carboxylic acids is 1. The van der Waals surface area contributed by atoms with Crippen molar-refractivity contribution >= 4 is 28.6 Å². The van der Waals surface area contributed by atoms with Gasteiger partial charge < -0.3 is 4.74 Å². The zero-order valence-corrected chi connectivity index (χ0v) is 9.79. The predicted octanol–water partition coefficient (Wildman–Crippen LogP) is 2.64. The molecule has 0 spiro atoms. The number of halogens is 1. The van der Waals surface area contributed by atoms with E-state index < -0.39 is 0 Å². The summed E-state index contributed by atoms with van der Waals surface area (Å²) in [5.41, 5.74) is 1.81. The van der Waals surface area contributed by atoms with Crippen molar-refractivity contribution in [3.05, 3.63) is 32.9 Å². The summed E-state index contributed by atoms with van der Waals surface area (Å²) in [7, 11) is 1.40. The Morgan fingerprint density at radius 2 is 2.23 bits per heavy atom. The monoisotopic (exact) mass is 290 g/mol. The van der Waals surface area contributed by atoms with Gasteiger partial charge in [-0.1, -0.05) is 13.0 Å². The molecule has 13 heavy (non-hydrogen) atoms. The number of esters is 1. The van der Waals surface area contributed by atoms with E-state index in [0.29, 0.717) is 5.56 Å². The normalized spacial score (nSPS) is 9.77. The highest BCUT2D eigenvalue weighted by molar-refractivity contribution is 14.1. The fraction of sp³-hybridized carbons (Fsp3) is 0.300. The standard InChI is InChI=1S/C10H11IO2/c1-3-7-4-5-9(11)8(6-7)10(12)13-2/h4-6H,3H2,1-2H3. The van der Waals surface area contributed by atoms with E-state index in [9.17, 15) is 4.79 Å². The van der Waals surface area contributed by atoms with Crippen molar-refractivity contribution in [1.82, 2.24) is 0 Å². The summed E-state index contributed by atoms with van der Waals surface area (Å²) in [6.45, 7) is 2.06. The lowest BCUT2D eigenvalue weighted by atomic mass is 10.1. The van der Waals surface area contributed by atoms with Crippen molar-refractivity contribution in [1.29, 1.82) is 0 Å². The van der Waals surface area contributed by atoms with Gasteiger partial charge in [0.25, 0.3) is 0 Å². The Balaban J connectivity index is 3.11. The van der Waals surface area contributed by atoms with Gasteiger partial charge in [0.1, 0.15) is 0 Å². The molecule has 0 saturated heterocycles. The number of hydrogen-bond donors (Lipinski definition) is 0. The highest BCUT2D eigenvalue weighted by Gasteiger charge is 2.09. The van der Waals surface area contributed by atoms with E-state index in [1.807, 2.05) is 18.2 Å². The van der Waals surface area contributed by atoms with Crippen LogP contribution in [0.15, 0.2) is 18.2 Å². The first kappa shape index (κ1) is 10.5. The maximum absolute atomic E-state index is 11.3. The van der Waals surface area contributed by atoms with Crippen LogP contribution in [0.1, 0.15) is 22.8 Å². The number of hydrogen-bond acceptors (Lipinski definition) is 2. The van der Waals surface area contributed by atoms with E-state index in [2.05, 4.69) is 34.3 Å². The summed E-state index contributed by atoms with van der Waals surface area (Å²) in [6.07, 6.45) is 0.931. The Morgan fingerprint density at radius 3 is 2.77 bits per heavy atom. The Kier molecular flexibility index (Phi) is 3.71. The largest absolute Gasteiger partial charge is 0.465 e. The van der Waals surface area contributed by atoms with Crippen LogP contribution in [-0.4, -0.2) is 13.1 Å². The Bertz CT molecular complexity index is 321. The average Bonchev–Trinajstić information content (AvgIpc) is 2.17. The summed E-state index contributed by atoms with van der Waals surface area (Å²) in [5.74, 6) is -0.264. The van der Waals surface area contributed by atoms with Crippen molar-refractivity contribution < 1.29 is 9.53 Å². The lowest BCUT2D eigenvalue weighted by molar-refractivity contribution is 0.0599. The van der Waals surface area contributed by atoms with Gasteiger partial charge in [-0.25, -0.2) is 4.79 Å². The van der Waals surface area contributed by atoms with Crippen LogP contribution in [0.5, 0.6) is 0 Å². The molecule has 0 unspecified atom stereocenters. The van der Waals surface area contributed by atoms with Crippen molar-refractivity contribution in [2.45, 2.75) is 13.3 Å². The maximum Gasteiger partial charge on any atom is 0.338 e. The second-order valence-electron chi connectivity index (χ2n) is 2.66. The van der Waals surface area contributed by atoms with Gasteiger partial charge in [0.15, 0.2) is 0 Å². The van der Waals surface area contributed by atoms with Gasteiger partial charge in [-0.3, -0.25) is 0 Å². The molecule has 70 valence electrons. The molecule has 2 nitrogen and oxygen atoms in total. The summed E-state index contributed by atoms with van der Waals surface area (Å²) < 4.78 is 5.60. The number of ether oxygens (including phenoxy) is 1. The van der Waals surface area contributed by atoms with Crippen LogP contribution in [0.25, 0.3) is 0 Å². The zero-order chi connectivity index (χ0) is 9.84. The molecular weight excluding hydrogens is 279 g/mol. The lowest BCUT2D eigenvalue weighted by Gasteiger charge is -2.04. The topological polar surface area (TPSA) is 26.3 Å². The fourth-order valence-electron chi connectivity index (χ4n) is 1.06. The van der Waals surface area contributed by atoms with E-state index in [1.54, 1.807) is 0 Å². The van der Waals surface area contributed by atoms with Crippen molar-refractivity contribution in [2.75, 3.05) is 7.11 Å². The van der Waals surface area contributed by atoms with Gasteiger partial charge in [0, 0.05) is 3.57 Å². The van der Waals surface area contributed by atoms with E-state index in [1.165, 1.54) is 7.11 Å². The van der Waals surface area contributed by atoms with Crippen LogP contribution in [0, 0.1) is 3.57 Å². The van der Waals surface area contributed by atoms with Crippen molar-refractivity contribution in [3.63, 3.8) is 0 Å². The zero-order valence-electron chi connectivity index (χ0n) is 7.63. The molecule has 0 radical (unpaired) electrons. The maximum atomic E-state index is 11.3. The van der Waals surface area contributed by atoms with E-state index in [-0.39, 0.29) is 5.97 Å². The van der Waals surface area contributed by atoms with Gasteiger partial charge in [-0.15, -0.1) is 0 Å². The second-order valence-corrected chi connectivity index (χ2v) is 3.82. The molecular formula is C10H11IO2. The van der Waals surface area contributed by atoms with Gasteiger partial charge in [-0.05, 0) is 46.7 Å². The molecule has 0 N–H and O–H groups in total. The molecule has 1 rings (SSSR count). The average molecular weight is 290 g/mol. The molecule has 1 aromatic carbocycles. The van der Waals surface area contributed by atoms with Crippen LogP contribution in [0.3, 0.4) is 0 Å². The molecule has 0 aromatic heterocycles. The third-order valence-electron chi connectivity index (χ3n) is 1.84. The van der Waals surface area contributed by atoms with Crippen LogP contribution in [0.4, 0.5) is 0 Å². The number of carbonyl (C=O) groups is 1. The summed E-state index contributed by atoms with van der Waals surface area (Å²) in [6, 6.07) is 5.84. The molecule has 0 aliphatic heterocycles. The molecule has 0 fully saturated rings. The third kappa shape index (κ3) is 2.43. The molecule has 3 heteroatoms. The van der Waals surface area contributed by atoms with Crippen molar-refractivity contribution in [3.8, 4) is 0 Å². The second kappa shape index (κ2) is 4.60. The minimum atomic E-state index is -0.264. The van der Waals surface area contributed by atoms with Gasteiger partial charge in [-0.2, -0.15) is 0 Å². The minimum absolute atomic E-state index is 0.264. The molecule has 0 atom stereocenters. The van der Waals surface area contributed by atoms with Crippen LogP contribution < -0.4 is 0 Å². The molecule has 0 bridgehead atoms. The van der Waals surface area contributed by atoms with Crippen LogP contribution >= 0.6 is 22.6 Å².